The average molecular weight is 285 g/mol. The average Bonchev–Trinajstić information content (AvgIpc) is 2.89. The first kappa shape index (κ1) is 14.1. The van der Waals surface area contributed by atoms with Crippen LogP contribution in [-0.2, 0) is 12.7 Å². The highest BCUT2D eigenvalue weighted by atomic mass is 32.1. The van der Waals surface area contributed by atoms with Crippen molar-refractivity contribution in [2.75, 3.05) is 0 Å². The highest BCUT2D eigenvalue weighted by Crippen LogP contribution is 2.32. The molecule has 0 bridgehead atoms. The highest BCUT2D eigenvalue weighted by Gasteiger charge is 2.32. The van der Waals surface area contributed by atoms with Gasteiger partial charge in [-0.25, -0.2) is 0 Å². The van der Waals surface area contributed by atoms with Gasteiger partial charge in [0.15, 0.2) is 0 Å². The van der Waals surface area contributed by atoms with E-state index in [-0.39, 0.29) is 18.2 Å². The summed E-state index contributed by atoms with van der Waals surface area (Å²) >= 11 is 1.59. The number of hydrogen-bond donors (Lipinski definition) is 1. The van der Waals surface area contributed by atoms with E-state index in [9.17, 15) is 13.2 Å². The van der Waals surface area contributed by atoms with Crippen LogP contribution in [-0.4, -0.2) is 0 Å². The van der Waals surface area contributed by atoms with Gasteiger partial charge in [0.25, 0.3) is 0 Å². The second-order valence-corrected chi connectivity index (χ2v) is 5.25. The zero-order chi connectivity index (χ0) is 13.9. The van der Waals surface area contributed by atoms with Crippen LogP contribution in [0.2, 0.25) is 0 Å². The van der Waals surface area contributed by atoms with Crippen molar-refractivity contribution in [1.82, 2.24) is 5.32 Å². The summed E-state index contributed by atoms with van der Waals surface area (Å²) in [7, 11) is 0. The molecule has 102 valence electrons. The minimum absolute atomic E-state index is 0.0429. The molecule has 0 saturated carbocycles. The first-order valence-electron chi connectivity index (χ1n) is 5.90. The number of thiophene rings is 1. The zero-order valence-electron chi connectivity index (χ0n) is 10.4. The Bertz CT molecular complexity index is 520. The number of rotatable bonds is 4. The molecule has 2 aromatic rings. The van der Waals surface area contributed by atoms with Gasteiger partial charge in [-0.2, -0.15) is 13.2 Å². The van der Waals surface area contributed by atoms with Gasteiger partial charge >= 0.3 is 6.18 Å². The maximum Gasteiger partial charge on any atom is 0.416 e. The standard InChI is InChI=1S/C14H14F3NS/c1-10(13-7-4-8-19-13)18-9-11-5-2-3-6-12(11)14(15,16)17/h2-8,10,18H,9H2,1H3/t10-/m1/s1. The minimum atomic E-state index is -4.30. The van der Waals surface area contributed by atoms with E-state index in [0.717, 1.165) is 10.9 Å². The second-order valence-electron chi connectivity index (χ2n) is 4.27. The highest BCUT2D eigenvalue weighted by molar-refractivity contribution is 7.10. The third kappa shape index (κ3) is 3.58. The Morgan fingerprint density at radius 3 is 2.53 bits per heavy atom. The summed E-state index contributed by atoms with van der Waals surface area (Å²) in [4.78, 5) is 1.12. The number of alkyl halides is 3. The normalized spacial score (nSPS) is 13.5. The molecule has 1 atom stereocenters. The van der Waals surface area contributed by atoms with Gasteiger partial charge < -0.3 is 5.32 Å². The summed E-state index contributed by atoms with van der Waals surface area (Å²) in [6, 6.07) is 9.61. The lowest BCUT2D eigenvalue weighted by Crippen LogP contribution is -2.20. The third-order valence-corrected chi connectivity index (χ3v) is 3.95. The van der Waals surface area contributed by atoms with Crippen LogP contribution in [0.4, 0.5) is 13.2 Å². The van der Waals surface area contributed by atoms with Crippen molar-refractivity contribution in [3.8, 4) is 0 Å². The number of hydrogen-bond acceptors (Lipinski definition) is 2. The molecule has 0 amide bonds. The second kappa shape index (κ2) is 5.75. The number of benzene rings is 1. The maximum absolute atomic E-state index is 12.8. The van der Waals surface area contributed by atoms with Crippen molar-refractivity contribution >= 4 is 11.3 Å². The summed E-state index contributed by atoms with van der Waals surface area (Å²) in [5, 5.41) is 5.08. The molecule has 0 spiro atoms. The Morgan fingerprint density at radius 1 is 1.16 bits per heavy atom. The van der Waals surface area contributed by atoms with Crippen LogP contribution in [0.15, 0.2) is 41.8 Å². The fourth-order valence-electron chi connectivity index (χ4n) is 1.85. The molecule has 0 saturated heterocycles. The molecule has 1 nitrogen and oxygen atoms in total. The molecular weight excluding hydrogens is 271 g/mol. The molecule has 0 aliphatic carbocycles. The van der Waals surface area contributed by atoms with E-state index in [1.807, 2.05) is 24.4 Å². The Hall–Kier alpha value is -1.33. The summed E-state index contributed by atoms with van der Waals surface area (Å²) in [5.41, 5.74) is -0.292. The predicted octanol–water partition coefficient (Wildman–Crippen LogP) is 4.62. The van der Waals surface area contributed by atoms with Gasteiger partial charge in [0.2, 0.25) is 0 Å². The van der Waals surface area contributed by atoms with E-state index >= 15 is 0 Å². The van der Waals surface area contributed by atoms with Crippen LogP contribution >= 0.6 is 11.3 Å². The molecule has 0 aliphatic heterocycles. The molecule has 1 heterocycles. The van der Waals surface area contributed by atoms with E-state index in [4.69, 9.17) is 0 Å². The van der Waals surface area contributed by atoms with Crippen molar-refractivity contribution in [2.45, 2.75) is 25.7 Å². The molecule has 0 radical (unpaired) electrons. The fourth-order valence-corrected chi connectivity index (χ4v) is 2.61. The van der Waals surface area contributed by atoms with E-state index in [1.165, 1.54) is 12.1 Å². The van der Waals surface area contributed by atoms with Crippen molar-refractivity contribution < 1.29 is 13.2 Å². The molecule has 0 aliphatic rings. The van der Waals surface area contributed by atoms with Gasteiger partial charge in [0, 0.05) is 17.5 Å². The van der Waals surface area contributed by atoms with E-state index in [0.29, 0.717) is 0 Å². The van der Waals surface area contributed by atoms with Crippen molar-refractivity contribution in [3.05, 3.63) is 57.8 Å². The fraction of sp³-hybridized carbons (Fsp3) is 0.286. The molecule has 2 rings (SSSR count). The lowest BCUT2D eigenvalue weighted by Gasteiger charge is -2.16. The molecular formula is C14H14F3NS. The van der Waals surface area contributed by atoms with Crippen LogP contribution in [0.25, 0.3) is 0 Å². The smallest absolute Gasteiger partial charge is 0.305 e. The minimum Gasteiger partial charge on any atom is -0.305 e. The molecule has 1 N–H and O–H groups in total. The molecule has 5 heteroatoms. The Morgan fingerprint density at radius 2 is 1.89 bits per heavy atom. The van der Waals surface area contributed by atoms with E-state index in [2.05, 4.69) is 5.32 Å². The number of halogens is 3. The van der Waals surface area contributed by atoms with E-state index < -0.39 is 11.7 Å². The van der Waals surface area contributed by atoms with Gasteiger partial charge in [-0.15, -0.1) is 11.3 Å². The Kier molecular flexibility index (Phi) is 4.27. The van der Waals surface area contributed by atoms with Crippen molar-refractivity contribution in [1.29, 1.82) is 0 Å². The molecule has 1 aromatic heterocycles. The number of nitrogens with one attached hydrogen (secondary N) is 1. The third-order valence-electron chi connectivity index (χ3n) is 2.89. The monoisotopic (exact) mass is 285 g/mol. The first-order chi connectivity index (χ1) is 8.98. The summed E-state index contributed by atoms with van der Waals surface area (Å²) in [5.74, 6) is 0. The Balaban J connectivity index is 2.08. The summed E-state index contributed by atoms with van der Waals surface area (Å²) in [6.07, 6.45) is -4.30. The molecule has 1 aromatic carbocycles. The van der Waals surface area contributed by atoms with E-state index in [1.54, 1.807) is 17.4 Å². The SMILES string of the molecule is C[C@@H](NCc1ccccc1C(F)(F)F)c1cccs1. The topological polar surface area (TPSA) is 12.0 Å². The van der Waals surface area contributed by atoms with Gasteiger partial charge in [0.1, 0.15) is 0 Å². The van der Waals surface area contributed by atoms with Gasteiger partial charge in [-0.3, -0.25) is 0 Å². The van der Waals surface area contributed by atoms with Gasteiger partial charge in [0.05, 0.1) is 5.56 Å². The molecule has 19 heavy (non-hydrogen) atoms. The quantitative estimate of drug-likeness (QED) is 0.864. The van der Waals surface area contributed by atoms with Crippen molar-refractivity contribution in [3.63, 3.8) is 0 Å². The van der Waals surface area contributed by atoms with Crippen LogP contribution in [0, 0.1) is 0 Å². The van der Waals surface area contributed by atoms with Crippen molar-refractivity contribution in [2.24, 2.45) is 0 Å². The summed E-state index contributed by atoms with van der Waals surface area (Å²) < 4.78 is 38.5. The zero-order valence-corrected chi connectivity index (χ0v) is 11.2. The summed E-state index contributed by atoms with van der Waals surface area (Å²) in [6.45, 7) is 2.15. The van der Waals surface area contributed by atoms with Crippen LogP contribution in [0.5, 0.6) is 0 Å². The predicted molar refractivity (Wildman–Crippen MR) is 71.0 cm³/mol. The lowest BCUT2D eigenvalue weighted by molar-refractivity contribution is -0.138. The maximum atomic E-state index is 12.8. The molecule has 0 fully saturated rings. The first-order valence-corrected chi connectivity index (χ1v) is 6.78. The van der Waals surface area contributed by atoms with Gasteiger partial charge in [-0.05, 0) is 30.0 Å². The lowest BCUT2D eigenvalue weighted by atomic mass is 10.1. The van der Waals surface area contributed by atoms with Gasteiger partial charge in [-0.1, -0.05) is 24.3 Å². The van der Waals surface area contributed by atoms with Crippen LogP contribution in [0.3, 0.4) is 0 Å². The van der Waals surface area contributed by atoms with Crippen LogP contribution < -0.4 is 5.32 Å². The Labute approximate surface area is 114 Å². The molecule has 0 unspecified atom stereocenters. The largest absolute Gasteiger partial charge is 0.416 e. The van der Waals surface area contributed by atoms with Crippen LogP contribution in [0.1, 0.15) is 29.0 Å².